The van der Waals surface area contributed by atoms with E-state index in [1.165, 1.54) is 36.8 Å². The molecular weight excluding hydrogens is 261 g/mol. The molecule has 74 valence electrons. The van der Waals surface area contributed by atoms with E-state index in [0.717, 1.165) is 6.04 Å². The molecule has 1 rings (SSSR count). The van der Waals surface area contributed by atoms with E-state index in [-0.39, 0.29) is 0 Å². The Labute approximate surface area is 87.2 Å². The van der Waals surface area contributed by atoms with Crippen molar-refractivity contribution in [1.82, 2.24) is 4.90 Å². The molecule has 1 heterocycles. The third-order valence-corrected chi connectivity index (χ3v) is 5.11. The minimum atomic E-state index is 0.572. The first kappa shape index (κ1) is 10.8. The Morgan fingerprint density at radius 1 is 1.25 bits per heavy atom. The van der Waals surface area contributed by atoms with Crippen LogP contribution in [-0.4, -0.2) is 26.5 Å². The van der Waals surface area contributed by atoms with Crippen molar-refractivity contribution in [3.8, 4) is 0 Å². The standard InChI is InChI=1S/C10H21IN/c1-3-5-10(6-4-2)12-8-7-11-9-12/h10H,3-9H2,1-2H3/q-1. The summed E-state index contributed by atoms with van der Waals surface area (Å²) in [5.74, 6) is 0. The van der Waals surface area contributed by atoms with Gasteiger partial charge >= 0.3 is 87.2 Å². The molecule has 0 aromatic carbocycles. The minimum absolute atomic E-state index is 0.572. The summed E-state index contributed by atoms with van der Waals surface area (Å²) in [6, 6.07) is 0.933. The van der Waals surface area contributed by atoms with Gasteiger partial charge in [-0.15, -0.1) is 0 Å². The van der Waals surface area contributed by atoms with E-state index >= 15 is 0 Å². The van der Waals surface area contributed by atoms with E-state index in [1.807, 2.05) is 0 Å². The van der Waals surface area contributed by atoms with Gasteiger partial charge in [0.25, 0.3) is 0 Å². The summed E-state index contributed by atoms with van der Waals surface area (Å²) >= 11 is 0.572. The van der Waals surface area contributed by atoms with Gasteiger partial charge < -0.3 is 0 Å². The first-order valence-electron chi connectivity index (χ1n) is 5.16. The summed E-state index contributed by atoms with van der Waals surface area (Å²) in [6.45, 7) is 6.04. The molecule has 0 atom stereocenters. The zero-order valence-corrected chi connectivity index (χ0v) is 10.5. The fraction of sp³-hybridized carbons (Fsp3) is 1.00. The molecule has 1 aliphatic heterocycles. The van der Waals surface area contributed by atoms with Gasteiger partial charge in [-0.2, -0.15) is 0 Å². The number of halogens is 1. The SMILES string of the molecule is CCCC(CCC)N1CC[I-]C1. The molecule has 0 aliphatic carbocycles. The van der Waals surface area contributed by atoms with Crippen molar-refractivity contribution >= 4 is 0 Å². The molecule has 12 heavy (non-hydrogen) atoms. The first-order chi connectivity index (χ1) is 5.88. The Bertz CT molecular complexity index is 104. The molecule has 0 N–H and O–H groups in total. The molecule has 1 nitrogen and oxygen atoms in total. The monoisotopic (exact) mass is 282 g/mol. The molecule has 0 spiro atoms. The first-order valence-corrected chi connectivity index (χ1v) is 8.21. The van der Waals surface area contributed by atoms with Gasteiger partial charge in [-0.05, 0) is 0 Å². The fourth-order valence-electron chi connectivity index (χ4n) is 1.85. The fourth-order valence-corrected chi connectivity index (χ4v) is 4.67. The van der Waals surface area contributed by atoms with Crippen LogP contribution in [0.3, 0.4) is 0 Å². The van der Waals surface area contributed by atoms with Crippen LogP contribution in [0, 0.1) is 0 Å². The van der Waals surface area contributed by atoms with Gasteiger partial charge in [0.1, 0.15) is 0 Å². The van der Waals surface area contributed by atoms with Crippen molar-refractivity contribution in [2.45, 2.75) is 45.6 Å². The molecule has 0 unspecified atom stereocenters. The van der Waals surface area contributed by atoms with Crippen molar-refractivity contribution in [2.24, 2.45) is 0 Å². The molecule has 0 amide bonds. The molecular formula is C10H21IN-. The molecule has 0 saturated carbocycles. The molecule has 2 heteroatoms. The number of nitrogens with zero attached hydrogens (tertiary/aromatic N) is 1. The third kappa shape index (κ3) is 3.21. The number of hydrogen-bond acceptors (Lipinski definition) is 1. The second-order valence-electron chi connectivity index (χ2n) is 3.54. The van der Waals surface area contributed by atoms with Gasteiger partial charge in [0, 0.05) is 0 Å². The van der Waals surface area contributed by atoms with Crippen molar-refractivity contribution < 1.29 is 21.2 Å². The molecule has 1 saturated heterocycles. The average molecular weight is 282 g/mol. The second kappa shape index (κ2) is 6.19. The van der Waals surface area contributed by atoms with Crippen molar-refractivity contribution in [3.05, 3.63) is 0 Å². The van der Waals surface area contributed by atoms with Gasteiger partial charge in [-0.1, -0.05) is 0 Å². The van der Waals surface area contributed by atoms with Crippen LogP contribution in [0.25, 0.3) is 0 Å². The second-order valence-corrected chi connectivity index (χ2v) is 6.38. The predicted molar refractivity (Wildman–Crippen MR) is 50.0 cm³/mol. The molecule has 0 aromatic heterocycles. The van der Waals surface area contributed by atoms with Crippen LogP contribution in [0.5, 0.6) is 0 Å². The van der Waals surface area contributed by atoms with Crippen LogP contribution in [0.1, 0.15) is 39.5 Å². The quantitative estimate of drug-likeness (QED) is 0.367. The Morgan fingerprint density at radius 3 is 2.33 bits per heavy atom. The van der Waals surface area contributed by atoms with Crippen molar-refractivity contribution in [2.75, 3.05) is 15.5 Å². The Morgan fingerprint density at radius 2 is 1.92 bits per heavy atom. The predicted octanol–water partition coefficient (Wildman–Crippen LogP) is -0.683. The van der Waals surface area contributed by atoms with Gasteiger partial charge in [0.05, 0.1) is 0 Å². The summed E-state index contributed by atoms with van der Waals surface area (Å²) in [7, 11) is 0. The topological polar surface area (TPSA) is 3.24 Å². The van der Waals surface area contributed by atoms with Crippen molar-refractivity contribution in [1.29, 1.82) is 0 Å². The van der Waals surface area contributed by atoms with Crippen LogP contribution in [0.2, 0.25) is 0 Å². The van der Waals surface area contributed by atoms with Gasteiger partial charge in [-0.25, -0.2) is 0 Å². The zero-order valence-electron chi connectivity index (χ0n) is 8.35. The number of alkyl halides is 2. The molecule has 1 aliphatic rings. The summed E-state index contributed by atoms with van der Waals surface area (Å²) in [4.78, 5) is 2.75. The maximum absolute atomic E-state index is 2.75. The molecule has 0 aromatic rings. The van der Waals surface area contributed by atoms with E-state index < -0.39 is 0 Å². The summed E-state index contributed by atoms with van der Waals surface area (Å²) in [6.07, 6.45) is 5.58. The van der Waals surface area contributed by atoms with Crippen LogP contribution in [0.15, 0.2) is 0 Å². The van der Waals surface area contributed by atoms with Crippen LogP contribution in [-0.2, 0) is 0 Å². The molecule has 0 bridgehead atoms. The van der Waals surface area contributed by atoms with Crippen LogP contribution < -0.4 is 21.2 Å². The van der Waals surface area contributed by atoms with Gasteiger partial charge in [0.2, 0.25) is 0 Å². The van der Waals surface area contributed by atoms with E-state index in [0.29, 0.717) is 21.2 Å². The van der Waals surface area contributed by atoms with E-state index in [1.54, 1.807) is 4.43 Å². The molecule has 0 radical (unpaired) electrons. The van der Waals surface area contributed by atoms with Crippen LogP contribution in [0.4, 0.5) is 0 Å². The number of hydrogen-bond donors (Lipinski definition) is 0. The zero-order chi connectivity index (χ0) is 8.81. The Balaban J connectivity index is 2.29. The van der Waals surface area contributed by atoms with Gasteiger partial charge in [-0.3, -0.25) is 0 Å². The summed E-state index contributed by atoms with van der Waals surface area (Å²) < 4.78 is 3.02. The van der Waals surface area contributed by atoms with Crippen LogP contribution >= 0.6 is 0 Å². The maximum atomic E-state index is 2.75. The Kier molecular flexibility index (Phi) is 5.56. The summed E-state index contributed by atoms with van der Waals surface area (Å²) in [5.41, 5.74) is 0. The third-order valence-electron chi connectivity index (χ3n) is 2.50. The van der Waals surface area contributed by atoms with E-state index in [2.05, 4.69) is 18.7 Å². The van der Waals surface area contributed by atoms with E-state index in [9.17, 15) is 0 Å². The van der Waals surface area contributed by atoms with E-state index in [4.69, 9.17) is 0 Å². The summed E-state index contributed by atoms with van der Waals surface area (Å²) in [5, 5.41) is 0. The van der Waals surface area contributed by atoms with Crippen molar-refractivity contribution in [3.63, 3.8) is 0 Å². The molecule has 1 fully saturated rings. The van der Waals surface area contributed by atoms with Gasteiger partial charge in [0.15, 0.2) is 0 Å². The normalized spacial score (nSPS) is 19.9. The Hall–Kier alpha value is 0.690. The average Bonchev–Trinajstić information content (AvgIpc) is 2.56. The number of rotatable bonds is 5.